The number of rotatable bonds is 7. The van der Waals surface area contributed by atoms with Crippen molar-refractivity contribution in [2.75, 3.05) is 13.2 Å². The molecule has 0 aliphatic heterocycles. The molecule has 1 aromatic carbocycles. The number of nitrogens with one attached hydrogen (secondary N) is 1. The fraction of sp³-hybridized carbons (Fsp3) is 0.625. The minimum absolute atomic E-state index is 0.338. The zero-order valence-electron chi connectivity index (χ0n) is 12.4. The van der Waals surface area contributed by atoms with Gasteiger partial charge in [-0.1, -0.05) is 32.9 Å². The first-order valence-corrected chi connectivity index (χ1v) is 7.01. The Morgan fingerprint density at radius 1 is 1.22 bits per heavy atom. The molecule has 0 aliphatic carbocycles. The van der Waals surface area contributed by atoms with E-state index in [1.54, 1.807) is 0 Å². The van der Waals surface area contributed by atoms with Crippen LogP contribution in [0.2, 0.25) is 0 Å². The van der Waals surface area contributed by atoms with Crippen LogP contribution >= 0.6 is 0 Å². The summed E-state index contributed by atoms with van der Waals surface area (Å²) in [4.78, 5) is 0. The molecule has 0 amide bonds. The van der Waals surface area contributed by atoms with Crippen LogP contribution < -0.4 is 10.1 Å². The van der Waals surface area contributed by atoms with Crippen molar-refractivity contribution in [3.8, 4) is 5.75 Å². The van der Waals surface area contributed by atoms with Gasteiger partial charge in [-0.3, -0.25) is 0 Å². The first kappa shape index (κ1) is 15.0. The summed E-state index contributed by atoms with van der Waals surface area (Å²) in [6, 6.07) is 6.81. The van der Waals surface area contributed by atoms with Crippen LogP contribution in [0.5, 0.6) is 5.75 Å². The Hall–Kier alpha value is -1.02. The largest absolute Gasteiger partial charge is 0.493 e. The monoisotopic (exact) mass is 249 g/mol. The number of aryl methyl sites for hydroxylation is 1. The molecular formula is C16H27NO. The van der Waals surface area contributed by atoms with E-state index in [1.165, 1.54) is 11.1 Å². The van der Waals surface area contributed by atoms with Crippen molar-refractivity contribution in [3.63, 3.8) is 0 Å². The summed E-state index contributed by atoms with van der Waals surface area (Å²) in [6.45, 7) is 12.6. The van der Waals surface area contributed by atoms with Crippen LogP contribution in [0.15, 0.2) is 18.2 Å². The van der Waals surface area contributed by atoms with E-state index in [1.807, 2.05) is 0 Å². The summed E-state index contributed by atoms with van der Waals surface area (Å²) < 4.78 is 5.96. The van der Waals surface area contributed by atoms with Gasteiger partial charge in [0, 0.05) is 11.6 Å². The van der Waals surface area contributed by atoms with Crippen molar-refractivity contribution in [2.45, 2.75) is 47.1 Å². The summed E-state index contributed by atoms with van der Waals surface area (Å²) in [7, 11) is 0. The minimum atomic E-state index is 0.338. The Kier molecular flexibility index (Phi) is 6.20. The maximum atomic E-state index is 5.96. The van der Waals surface area contributed by atoms with E-state index in [0.717, 1.165) is 25.3 Å². The molecule has 0 aromatic heterocycles. The van der Waals surface area contributed by atoms with Gasteiger partial charge in [0.1, 0.15) is 5.75 Å². The van der Waals surface area contributed by atoms with E-state index in [0.29, 0.717) is 12.0 Å². The zero-order chi connectivity index (χ0) is 13.5. The highest BCUT2D eigenvalue weighted by molar-refractivity contribution is 5.39. The molecule has 1 rings (SSSR count). The Morgan fingerprint density at radius 3 is 2.56 bits per heavy atom. The Labute approximate surface area is 112 Å². The molecule has 0 radical (unpaired) electrons. The lowest BCUT2D eigenvalue weighted by Crippen LogP contribution is -2.18. The highest BCUT2D eigenvalue weighted by Gasteiger charge is 2.11. The van der Waals surface area contributed by atoms with Crippen molar-refractivity contribution in [1.82, 2.24) is 5.32 Å². The first-order chi connectivity index (χ1) is 8.54. The molecular weight excluding hydrogens is 222 g/mol. The van der Waals surface area contributed by atoms with Crippen molar-refractivity contribution in [1.29, 1.82) is 0 Å². The lowest BCUT2D eigenvalue weighted by Gasteiger charge is -2.18. The fourth-order valence-corrected chi connectivity index (χ4v) is 1.95. The first-order valence-electron chi connectivity index (χ1n) is 7.01. The molecule has 1 N–H and O–H groups in total. The van der Waals surface area contributed by atoms with Crippen LogP contribution in [0.25, 0.3) is 0 Å². The quantitative estimate of drug-likeness (QED) is 0.786. The Bertz CT molecular complexity index is 360. The van der Waals surface area contributed by atoms with E-state index >= 15 is 0 Å². The average molecular weight is 249 g/mol. The molecule has 0 saturated carbocycles. The smallest absolute Gasteiger partial charge is 0.124 e. The fourth-order valence-electron chi connectivity index (χ4n) is 1.95. The molecule has 0 fully saturated rings. The summed E-state index contributed by atoms with van der Waals surface area (Å²) in [5.74, 6) is 1.72. The van der Waals surface area contributed by atoms with E-state index in [2.05, 4.69) is 58.1 Å². The van der Waals surface area contributed by atoms with Gasteiger partial charge in [-0.15, -0.1) is 0 Å². The second kappa shape index (κ2) is 7.42. The predicted octanol–water partition coefficient (Wildman–Crippen LogP) is 4.09. The molecule has 0 saturated heterocycles. The molecule has 0 bridgehead atoms. The molecule has 1 unspecified atom stereocenters. The van der Waals surface area contributed by atoms with Crippen molar-refractivity contribution < 1.29 is 4.74 Å². The van der Waals surface area contributed by atoms with Gasteiger partial charge in [-0.2, -0.15) is 0 Å². The maximum Gasteiger partial charge on any atom is 0.124 e. The third kappa shape index (κ3) is 4.69. The van der Waals surface area contributed by atoms with Crippen LogP contribution in [-0.2, 0) is 0 Å². The Balaban J connectivity index is 2.76. The summed E-state index contributed by atoms with van der Waals surface area (Å²) in [5, 5.41) is 3.44. The van der Waals surface area contributed by atoms with Gasteiger partial charge in [0.05, 0.1) is 6.61 Å². The summed E-state index contributed by atoms with van der Waals surface area (Å²) in [5.41, 5.74) is 2.51. The van der Waals surface area contributed by atoms with Crippen molar-refractivity contribution >= 4 is 0 Å². The lowest BCUT2D eigenvalue weighted by molar-refractivity contribution is 0.284. The maximum absolute atomic E-state index is 5.96. The van der Waals surface area contributed by atoms with Crippen LogP contribution in [0, 0.1) is 12.8 Å². The van der Waals surface area contributed by atoms with Crippen LogP contribution in [0.1, 0.15) is 51.3 Å². The van der Waals surface area contributed by atoms with E-state index in [-0.39, 0.29) is 0 Å². The number of hydrogen-bond acceptors (Lipinski definition) is 2. The van der Waals surface area contributed by atoms with Crippen molar-refractivity contribution in [3.05, 3.63) is 29.3 Å². The Morgan fingerprint density at radius 2 is 1.94 bits per heavy atom. The van der Waals surface area contributed by atoms with Gasteiger partial charge in [0.25, 0.3) is 0 Å². The molecule has 2 heteroatoms. The second-order valence-corrected chi connectivity index (χ2v) is 5.35. The van der Waals surface area contributed by atoms with Gasteiger partial charge in [0.2, 0.25) is 0 Å². The number of ether oxygens (including phenoxy) is 1. The second-order valence-electron chi connectivity index (χ2n) is 5.35. The number of benzene rings is 1. The molecule has 1 aromatic rings. The predicted molar refractivity (Wildman–Crippen MR) is 78.2 cm³/mol. The van der Waals surface area contributed by atoms with E-state index in [4.69, 9.17) is 4.74 Å². The SMILES string of the molecule is CCNC(C)c1ccc(C)cc1OCCC(C)C. The molecule has 102 valence electrons. The molecule has 0 spiro atoms. The topological polar surface area (TPSA) is 21.3 Å². The van der Waals surface area contributed by atoms with Crippen molar-refractivity contribution in [2.24, 2.45) is 5.92 Å². The molecule has 18 heavy (non-hydrogen) atoms. The van der Waals surface area contributed by atoms with Crippen LogP contribution in [-0.4, -0.2) is 13.2 Å². The third-order valence-corrected chi connectivity index (χ3v) is 3.10. The van der Waals surface area contributed by atoms with Crippen LogP contribution in [0.4, 0.5) is 0 Å². The number of hydrogen-bond donors (Lipinski definition) is 1. The standard InChI is InChI=1S/C16H27NO/c1-6-17-14(5)15-8-7-13(4)11-16(15)18-10-9-12(2)3/h7-8,11-12,14,17H,6,9-10H2,1-5H3. The average Bonchev–Trinajstić information content (AvgIpc) is 2.29. The van der Waals surface area contributed by atoms with Gasteiger partial charge in [-0.25, -0.2) is 0 Å². The highest BCUT2D eigenvalue weighted by Crippen LogP contribution is 2.26. The van der Waals surface area contributed by atoms with Crippen LogP contribution in [0.3, 0.4) is 0 Å². The van der Waals surface area contributed by atoms with E-state index < -0.39 is 0 Å². The van der Waals surface area contributed by atoms with E-state index in [9.17, 15) is 0 Å². The van der Waals surface area contributed by atoms with Gasteiger partial charge in [-0.05, 0) is 44.4 Å². The molecule has 2 nitrogen and oxygen atoms in total. The van der Waals surface area contributed by atoms with Gasteiger partial charge in [0.15, 0.2) is 0 Å². The normalized spacial score (nSPS) is 12.8. The molecule has 0 heterocycles. The van der Waals surface area contributed by atoms with Gasteiger partial charge < -0.3 is 10.1 Å². The third-order valence-electron chi connectivity index (χ3n) is 3.10. The summed E-state index contributed by atoms with van der Waals surface area (Å²) in [6.07, 6.45) is 1.10. The highest BCUT2D eigenvalue weighted by atomic mass is 16.5. The zero-order valence-corrected chi connectivity index (χ0v) is 12.4. The lowest BCUT2D eigenvalue weighted by atomic mass is 10.0. The molecule has 1 atom stereocenters. The van der Waals surface area contributed by atoms with Gasteiger partial charge >= 0.3 is 0 Å². The minimum Gasteiger partial charge on any atom is -0.493 e. The molecule has 0 aliphatic rings. The summed E-state index contributed by atoms with van der Waals surface area (Å²) >= 11 is 0.